The first-order valence-corrected chi connectivity index (χ1v) is 18.0. The lowest BCUT2D eigenvalue weighted by Gasteiger charge is -2.12. The summed E-state index contributed by atoms with van der Waals surface area (Å²) in [6, 6.07) is 60.5. The van der Waals surface area contributed by atoms with Crippen LogP contribution in [-0.2, 0) is 0 Å². The molecule has 0 N–H and O–H groups in total. The zero-order valence-corrected chi connectivity index (χ0v) is 28.2. The molecule has 0 unspecified atom stereocenters. The van der Waals surface area contributed by atoms with Gasteiger partial charge in [0.05, 0.1) is 38.1 Å². The molecule has 4 heterocycles. The van der Waals surface area contributed by atoms with E-state index in [0.29, 0.717) is 5.82 Å². The molecule has 0 spiro atoms. The monoisotopic (exact) mass is 668 g/mol. The molecule has 0 saturated carbocycles. The SMILES string of the molecule is c1ccc(-c2cc(-n3c4ccccc4c4cc5c(cc43)c3ccccc3n5-c3cccc4c3sc3ccccc34)nc(-c3ccccc3)n2)cc1. The van der Waals surface area contributed by atoms with E-state index >= 15 is 0 Å². The van der Waals surface area contributed by atoms with E-state index in [1.807, 2.05) is 35.6 Å². The molecular weight excluding hydrogens is 641 g/mol. The molecule has 11 aromatic rings. The molecule has 7 aromatic carbocycles. The first-order valence-electron chi connectivity index (χ1n) is 17.2. The van der Waals surface area contributed by atoms with Gasteiger partial charge in [0, 0.05) is 54.2 Å². The second-order valence-electron chi connectivity index (χ2n) is 13.0. The molecule has 0 aliphatic carbocycles. The van der Waals surface area contributed by atoms with Crippen molar-refractivity contribution in [3.63, 3.8) is 0 Å². The van der Waals surface area contributed by atoms with Crippen molar-refractivity contribution in [3.8, 4) is 34.2 Å². The fourth-order valence-corrected chi connectivity index (χ4v) is 9.07. The van der Waals surface area contributed by atoms with E-state index in [2.05, 4.69) is 155 Å². The average Bonchev–Trinajstić information content (AvgIpc) is 3.85. The highest BCUT2D eigenvalue weighted by Crippen LogP contribution is 2.43. The number of rotatable bonds is 4. The summed E-state index contributed by atoms with van der Waals surface area (Å²) in [5.41, 5.74) is 8.74. The van der Waals surface area contributed by atoms with Gasteiger partial charge in [0.15, 0.2) is 5.82 Å². The third kappa shape index (κ3) is 4.25. The van der Waals surface area contributed by atoms with E-state index in [-0.39, 0.29) is 0 Å². The molecule has 0 radical (unpaired) electrons. The largest absolute Gasteiger partial charge is 0.308 e. The number of para-hydroxylation sites is 2. The predicted molar refractivity (Wildman–Crippen MR) is 214 cm³/mol. The molecule has 0 aliphatic rings. The molecule has 51 heavy (non-hydrogen) atoms. The van der Waals surface area contributed by atoms with E-state index in [9.17, 15) is 0 Å². The minimum atomic E-state index is 0.701. The molecule has 0 bridgehead atoms. The number of hydrogen-bond acceptors (Lipinski definition) is 3. The van der Waals surface area contributed by atoms with Crippen molar-refractivity contribution in [1.29, 1.82) is 0 Å². The van der Waals surface area contributed by atoms with Crippen molar-refractivity contribution in [2.24, 2.45) is 0 Å². The van der Waals surface area contributed by atoms with Crippen LogP contribution < -0.4 is 0 Å². The molecule has 0 fully saturated rings. The quantitative estimate of drug-likeness (QED) is 0.187. The smallest absolute Gasteiger partial charge is 0.162 e. The van der Waals surface area contributed by atoms with Crippen LogP contribution >= 0.6 is 11.3 Å². The Hall–Kier alpha value is -6.56. The highest BCUT2D eigenvalue weighted by Gasteiger charge is 2.21. The third-order valence-corrected chi connectivity index (χ3v) is 11.3. The average molecular weight is 669 g/mol. The summed E-state index contributed by atoms with van der Waals surface area (Å²) in [7, 11) is 0. The molecule has 0 atom stereocenters. The minimum Gasteiger partial charge on any atom is -0.308 e. The lowest BCUT2D eigenvalue weighted by Crippen LogP contribution is -2.02. The first kappa shape index (κ1) is 28.3. The minimum absolute atomic E-state index is 0.701. The van der Waals surface area contributed by atoms with Crippen molar-refractivity contribution in [2.45, 2.75) is 0 Å². The standard InChI is InChI=1S/C46H28N4S/c1-3-14-29(15-4-1)37-28-44(48-46(47-37)30-16-5-2-6-17-30)50-39-23-11-8-19-32(39)36-26-41-35(27-42(36)50)31-18-7-10-22-38(31)49(41)40-24-13-21-34-33-20-9-12-25-43(33)51-45(34)40/h1-28H. The molecule has 11 rings (SSSR count). The van der Waals surface area contributed by atoms with E-state index in [0.717, 1.165) is 33.7 Å². The maximum absolute atomic E-state index is 5.27. The molecule has 0 aliphatic heterocycles. The van der Waals surface area contributed by atoms with Gasteiger partial charge in [-0.05, 0) is 36.4 Å². The summed E-state index contributed by atoms with van der Waals surface area (Å²) in [5.74, 6) is 1.54. The fourth-order valence-electron chi connectivity index (χ4n) is 7.87. The molecule has 4 nitrogen and oxygen atoms in total. The summed E-state index contributed by atoms with van der Waals surface area (Å²) in [6.45, 7) is 0. The topological polar surface area (TPSA) is 35.6 Å². The number of fused-ring (bicyclic) bond motifs is 9. The van der Waals surface area contributed by atoms with E-state index < -0.39 is 0 Å². The fraction of sp³-hybridized carbons (Fsp3) is 0. The van der Waals surface area contributed by atoms with Crippen molar-refractivity contribution in [2.75, 3.05) is 0 Å². The van der Waals surface area contributed by atoms with E-state index in [4.69, 9.17) is 9.97 Å². The van der Waals surface area contributed by atoms with Crippen molar-refractivity contribution in [1.82, 2.24) is 19.1 Å². The van der Waals surface area contributed by atoms with Gasteiger partial charge in [0.25, 0.3) is 0 Å². The van der Waals surface area contributed by atoms with Crippen LogP contribution in [0.3, 0.4) is 0 Å². The van der Waals surface area contributed by atoms with Gasteiger partial charge in [0.2, 0.25) is 0 Å². The van der Waals surface area contributed by atoms with E-state index in [1.165, 1.54) is 58.4 Å². The Morgan fingerprint density at radius 3 is 1.69 bits per heavy atom. The summed E-state index contributed by atoms with van der Waals surface area (Å²) in [6.07, 6.45) is 0. The number of nitrogens with zero attached hydrogens (tertiary/aromatic N) is 4. The van der Waals surface area contributed by atoms with Crippen LogP contribution in [0.15, 0.2) is 170 Å². The lowest BCUT2D eigenvalue weighted by molar-refractivity contribution is 1.05. The van der Waals surface area contributed by atoms with Gasteiger partial charge in [-0.15, -0.1) is 11.3 Å². The second kappa shape index (κ2) is 11.0. The maximum atomic E-state index is 5.27. The van der Waals surface area contributed by atoms with Crippen LogP contribution in [0.4, 0.5) is 0 Å². The molecule has 0 amide bonds. The van der Waals surface area contributed by atoms with Crippen LogP contribution in [-0.4, -0.2) is 19.1 Å². The first-order chi connectivity index (χ1) is 25.3. The summed E-state index contributed by atoms with van der Waals surface area (Å²) < 4.78 is 7.40. The predicted octanol–water partition coefficient (Wildman–Crippen LogP) is 12.4. The lowest BCUT2D eigenvalue weighted by atomic mass is 10.1. The highest BCUT2D eigenvalue weighted by molar-refractivity contribution is 7.26. The molecule has 5 heteroatoms. The number of thiophene rings is 1. The Bertz CT molecular complexity index is 3080. The van der Waals surface area contributed by atoms with Gasteiger partial charge in [0.1, 0.15) is 5.82 Å². The van der Waals surface area contributed by atoms with Crippen LogP contribution in [0.5, 0.6) is 0 Å². The Labute approximate surface area is 297 Å². The Kier molecular flexibility index (Phi) is 6.09. The van der Waals surface area contributed by atoms with E-state index in [1.54, 1.807) is 0 Å². The van der Waals surface area contributed by atoms with Gasteiger partial charge < -0.3 is 4.57 Å². The van der Waals surface area contributed by atoms with Crippen molar-refractivity contribution < 1.29 is 0 Å². The third-order valence-electron chi connectivity index (χ3n) is 10.1. The van der Waals surface area contributed by atoms with Crippen LogP contribution in [0, 0.1) is 0 Å². The zero-order chi connectivity index (χ0) is 33.5. The Morgan fingerprint density at radius 1 is 0.392 bits per heavy atom. The van der Waals surface area contributed by atoms with Crippen molar-refractivity contribution in [3.05, 3.63) is 170 Å². The van der Waals surface area contributed by atoms with Gasteiger partial charge in [-0.3, -0.25) is 4.57 Å². The van der Waals surface area contributed by atoms with Crippen LogP contribution in [0.1, 0.15) is 0 Å². The van der Waals surface area contributed by atoms with Crippen molar-refractivity contribution >= 4 is 75.1 Å². The Balaban J connectivity index is 1.24. The maximum Gasteiger partial charge on any atom is 0.162 e. The van der Waals surface area contributed by atoms with Crippen LogP contribution in [0.25, 0.3) is 97.9 Å². The van der Waals surface area contributed by atoms with Crippen LogP contribution in [0.2, 0.25) is 0 Å². The summed E-state index contributed by atoms with van der Waals surface area (Å²) in [5, 5.41) is 7.41. The Morgan fingerprint density at radius 2 is 0.961 bits per heavy atom. The molecule has 238 valence electrons. The summed E-state index contributed by atoms with van der Waals surface area (Å²) >= 11 is 1.87. The normalized spacial score (nSPS) is 11.9. The summed E-state index contributed by atoms with van der Waals surface area (Å²) in [4.78, 5) is 10.4. The number of aromatic nitrogens is 4. The molecular formula is C46H28N4S. The zero-order valence-electron chi connectivity index (χ0n) is 27.4. The van der Waals surface area contributed by atoms with Gasteiger partial charge >= 0.3 is 0 Å². The van der Waals surface area contributed by atoms with Gasteiger partial charge in [-0.1, -0.05) is 127 Å². The number of benzene rings is 7. The highest BCUT2D eigenvalue weighted by atomic mass is 32.1. The molecule has 4 aromatic heterocycles. The second-order valence-corrected chi connectivity index (χ2v) is 14.1. The van der Waals surface area contributed by atoms with Gasteiger partial charge in [-0.25, -0.2) is 9.97 Å². The number of hydrogen-bond donors (Lipinski definition) is 0. The molecule has 0 saturated heterocycles. The van der Waals surface area contributed by atoms with Gasteiger partial charge in [-0.2, -0.15) is 0 Å².